The van der Waals surface area contributed by atoms with Crippen molar-refractivity contribution in [3.63, 3.8) is 0 Å². The molecular weight excluding hydrogens is 238 g/mol. The molecule has 3 heteroatoms. The number of ether oxygens (including phenoxy) is 1. The van der Waals surface area contributed by atoms with Crippen LogP contribution >= 0.6 is 0 Å². The van der Waals surface area contributed by atoms with E-state index in [4.69, 9.17) is 4.74 Å². The molecule has 0 aliphatic heterocycles. The number of benzene rings is 1. The van der Waals surface area contributed by atoms with Crippen molar-refractivity contribution in [1.82, 2.24) is 4.98 Å². The number of hydrogen-bond acceptors (Lipinski definition) is 3. The zero-order valence-electron chi connectivity index (χ0n) is 11.2. The van der Waals surface area contributed by atoms with Crippen LogP contribution in [0.5, 0.6) is 5.75 Å². The van der Waals surface area contributed by atoms with E-state index in [9.17, 15) is 4.79 Å². The van der Waals surface area contributed by atoms with E-state index in [0.717, 1.165) is 17.7 Å². The van der Waals surface area contributed by atoms with Gasteiger partial charge in [0.25, 0.3) is 0 Å². The number of carbonyl (C=O) groups excluding carboxylic acids is 1. The number of ketones is 1. The van der Waals surface area contributed by atoms with Crippen LogP contribution < -0.4 is 4.74 Å². The predicted molar refractivity (Wildman–Crippen MR) is 74.7 cm³/mol. The van der Waals surface area contributed by atoms with Gasteiger partial charge in [-0.3, -0.25) is 9.78 Å². The highest BCUT2D eigenvalue weighted by molar-refractivity contribution is 6.08. The lowest BCUT2D eigenvalue weighted by atomic mass is 10.0. The molecule has 1 heterocycles. The Kier molecular flexibility index (Phi) is 4.29. The van der Waals surface area contributed by atoms with Gasteiger partial charge in [-0.05, 0) is 49.2 Å². The third-order valence-corrected chi connectivity index (χ3v) is 2.91. The zero-order chi connectivity index (χ0) is 13.7. The van der Waals surface area contributed by atoms with Crippen LogP contribution in [0, 0.1) is 0 Å². The molecule has 0 spiro atoms. The zero-order valence-corrected chi connectivity index (χ0v) is 11.2. The molecule has 0 aliphatic carbocycles. The van der Waals surface area contributed by atoms with Gasteiger partial charge in [-0.15, -0.1) is 0 Å². The molecule has 2 rings (SSSR count). The van der Waals surface area contributed by atoms with E-state index in [1.165, 1.54) is 0 Å². The second-order valence-corrected chi connectivity index (χ2v) is 4.15. The number of hydrogen-bond donors (Lipinski definition) is 0. The van der Waals surface area contributed by atoms with E-state index in [1.807, 2.05) is 38.1 Å². The van der Waals surface area contributed by atoms with Crippen molar-refractivity contribution in [1.29, 1.82) is 0 Å². The first-order chi connectivity index (χ1) is 9.26. The average Bonchev–Trinajstić information content (AvgIpc) is 2.47. The number of aromatic nitrogens is 1. The first-order valence-electron chi connectivity index (χ1n) is 6.47. The van der Waals surface area contributed by atoms with Crippen molar-refractivity contribution >= 4 is 5.78 Å². The summed E-state index contributed by atoms with van der Waals surface area (Å²) in [4.78, 5) is 16.6. The molecule has 0 aliphatic rings. The van der Waals surface area contributed by atoms with E-state index >= 15 is 0 Å². The van der Waals surface area contributed by atoms with Gasteiger partial charge in [0, 0.05) is 11.8 Å². The molecule has 0 fully saturated rings. The summed E-state index contributed by atoms with van der Waals surface area (Å²) in [5.41, 5.74) is 2.15. The van der Waals surface area contributed by atoms with Gasteiger partial charge in [0.2, 0.25) is 5.78 Å². The van der Waals surface area contributed by atoms with Crippen LogP contribution in [0.3, 0.4) is 0 Å². The highest BCUT2D eigenvalue weighted by Crippen LogP contribution is 2.16. The molecule has 0 amide bonds. The molecule has 1 aromatic heterocycles. The summed E-state index contributed by atoms with van der Waals surface area (Å²) < 4.78 is 5.36. The fourth-order valence-corrected chi connectivity index (χ4v) is 1.93. The largest absolute Gasteiger partial charge is 0.494 e. The van der Waals surface area contributed by atoms with Gasteiger partial charge in [0.15, 0.2) is 0 Å². The molecule has 3 nitrogen and oxygen atoms in total. The van der Waals surface area contributed by atoms with E-state index in [-0.39, 0.29) is 5.78 Å². The molecule has 0 bridgehead atoms. The normalized spacial score (nSPS) is 10.2. The van der Waals surface area contributed by atoms with Gasteiger partial charge in [-0.1, -0.05) is 13.0 Å². The fourth-order valence-electron chi connectivity index (χ4n) is 1.93. The second kappa shape index (κ2) is 6.14. The number of pyridine rings is 1. The summed E-state index contributed by atoms with van der Waals surface area (Å²) in [6.07, 6.45) is 2.45. The second-order valence-electron chi connectivity index (χ2n) is 4.15. The van der Waals surface area contributed by atoms with Crippen LogP contribution in [0.15, 0.2) is 42.6 Å². The van der Waals surface area contributed by atoms with Crippen molar-refractivity contribution in [3.8, 4) is 5.75 Å². The quantitative estimate of drug-likeness (QED) is 0.770. The Hall–Kier alpha value is -2.16. The summed E-state index contributed by atoms with van der Waals surface area (Å²) >= 11 is 0. The summed E-state index contributed by atoms with van der Waals surface area (Å²) in [6.45, 7) is 4.57. The van der Waals surface area contributed by atoms with Crippen LogP contribution in [-0.2, 0) is 6.42 Å². The van der Waals surface area contributed by atoms with Gasteiger partial charge < -0.3 is 4.74 Å². The molecule has 0 saturated heterocycles. The summed E-state index contributed by atoms with van der Waals surface area (Å²) in [6, 6.07) is 11.0. The van der Waals surface area contributed by atoms with Crippen molar-refractivity contribution in [3.05, 3.63) is 59.4 Å². The van der Waals surface area contributed by atoms with E-state index in [0.29, 0.717) is 17.9 Å². The molecule has 0 N–H and O–H groups in total. The number of carbonyl (C=O) groups is 1. The van der Waals surface area contributed by atoms with E-state index < -0.39 is 0 Å². The maximum Gasteiger partial charge on any atom is 0.211 e. The minimum atomic E-state index is -0.0412. The number of aryl methyl sites for hydroxylation is 1. The Morgan fingerprint density at radius 2 is 1.89 bits per heavy atom. The monoisotopic (exact) mass is 255 g/mol. The molecule has 0 atom stereocenters. The lowest BCUT2D eigenvalue weighted by molar-refractivity contribution is 0.103. The molecule has 0 radical (unpaired) electrons. The van der Waals surface area contributed by atoms with Crippen molar-refractivity contribution in [2.75, 3.05) is 6.61 Å². The van der Waals surface area contributed by atoms with Gasteiger partial charge in [0.1, 0.15) is 11.4 Å². The Balaban J connectivity index is 2.28. The van der Waals surface area contributed by atoms with Crippen LogP contribution in [-0.4, -0.2) is 17.4 Å². The van der Waals surface area contributed by atoms with Crippen molar-refractivity contribution in [2.24, 2.45) is 0 Å². The Bertz CT molecular complexity index is 561. The van der Waals surface area contributed by atoms with Crippen LogP contribution in [0.25, 0.3) is 0 Å². The Morgan fingerprint density at radius 1 is 1.16 bits per heavy atom. The van der Waals surface area contributed by atoms with E-state index in [2.05, 4.69) is 4.98 Å². The van der Waals surface area contributed by atoms with Crippen molar-refractivity contribution in [2.45, 2.75) is 20.3 Å². The average molecular weight is 255 g/mol. The molecule has 2 aromatic rings. The third-order valence-electron chi connectivity index (χ3n) is 2.91. The highest BCUT2D eigenvalue weighted by Gasteiger charge is 2.13. The smallest absolute Gasteiger partial charge is 0.211 e. The SMILES string of the molecule is CCOc1ccc(C(=O)c2ncccc2CC)cc1. The lowest BCUT2D eigenvalue weighted by Gasteiger charge is -2.07. The maximum absolute atomic E-state index is 12.4. The fraction of sp³-hybridized carbons (Fsp3) is 0.250. The lowest BCUT2D eigenvalue weighted by Crippen LogP contribution is -2.07. The van der Waals surface area contributed by atoms with E-state index in [1.54, 1.807) is 18.3 Å². The van der Waals surface area contributed by atoms with Gasteiger partial charge >= 0.3 is 0 Å². The first kappa shape index (κ1) is 13.3. The molecule has 0 unspecified atom stereocenters. The minimum Gasteiger partial charge on any atom is -0.494 e. The predicted octanol–water partition coefficient (Wildman–Crippen LogP) is 3.27. The molecule has 1 aromatic carbocycles. The maximum atomic E-state index is 12.4. The van der Waals surface area contributed by atoms with Gasteiger partial charge in [-0.2, -0.15) is 0 Å². The van der Waals surface area contributed by atoms with Crippen molar-refractivity contribution < 1.29 is 9.53 Å². The number of nitrogens with zero attached hydrogens (tertiary/aromatic N) is 1. The van der Waals surface area contributed by atoms with Crippen LogP contribution in [0.1, 0.15) is 35.5 Å². The van der Waals surface area contributed by atoms with Gasteiger partial charge in [-0.25, -0.2) is 0 Å². The molecule has 19 heavy (non-hydrogen) atoms. The standard InChI is InChI=1S/C16H17NO2/c1-3-12-6-5-11-17-15(12)16(18)13-7-9-14(10-8-13)19-4-2/h5-11H,3-4H2,1-2H3. The molecular formula is C16H17NO2. The van der Waals surface area contributed by atoms with Gasteiger partial charge in [0.05, 0.1) is 6.61 Å². The first-order valence-corrected chi connectivity index (χ1v) is 6.47. The topological polar surface area (TPSA) is 39.2 Å². The summed E-state index contributed by atoms with van der Waals surface area (Å²) in [5, 5.41) is 0. The highest BCUT2D eigenvalue weighted by atomic mass is 16.5. The number of rotatable bonds is 5. The van der Waals surface area contributed by atoms with Crippen LogP contribution in [0.4, 0.5) is 0 Å². The third kappa shape index (κ3) is 2.99. The minimum absolute atomic E-state index is 0.0412. The molecule has 98 valence electrons. The molecule has 0 saturated carbocycles. The Morgan fingerprint density at radius 3 is 2.53 bits per heavy atom. The van der Waals surface area contributed by atoms with Crippen LogP contribution in [0.2, 0.25) is 0 Å². The summed E-state index contributed by atoms with van der Waals surface area (Å²) in [5.74, 6) is 0.733. The Labute approximate surface area is 113 Å². The summed E-state index contributed by atoms with van der Waals surface area (Å²) in [7, 11) is 0.